The van der Waals surface area contributed by atoms with Gasteiger partial charge in [0.25, 0.3) is 0 Å². The molecule has 1 aliphatic rings. The summed E-state index contributed by atoms with van der Waals surface area (Å²) in [6.07, 6.45) is 2.97. The largest absolute Gasteiger partial charge is 0.352 e. The molecule has 1 saturated heterocycles. The van der Waals surface area contributed by atoms with E-state index in [0.717, 1.165) is 25.0 Å². The second-order valence-electron chi connectivity index (χ2n) is 3.90. The number of carbonyl (C=O) groups excluding carboxylic acids is 1. The van der Waals surface area contributed by atoms with Gasteiger partial charge in [-0.1, -0.05) is 6.92 Å². The number of rotatable bonds is 5. The lowest BCUT2D eigenvalue weighted by molar-refractivity contribution is -0.125. The maximum Gasteiger partial charge on any atom is 0.223 e. The summed E-state index contributed by atoms with van der Waals surface area (Å²) in [6.45, 7) is 2.66. The molecule has 0 aromatic heterocycles. The Bertz CT molecular complexity index is 181. The predicted octanol–water partition coefficient (Wildman–Crippen LogP) is 0.983. The predicted molar refractivity (Wildman–Crippen MR) is 61.3 cm³/mol. The van der Waals surface area contributed by atoms with E-state index >= 15 is 0 Å². The van der Waals surface area contributed by atoms with Crippen LogP contribution in [0.1, 0.15) is 26.2 Å². The van der Waals surface area contributed by atoms with Crippen molar-refractivity contribution < 1.29 is 4.79 Å². The van der Waals surface area contributed by atoms with E-state index in [1.807, 2.05) is 18.7 Å². The Labute approximate surface area is 90.2 Å². The van der Waals surface area contributed by atoms with Crippen LogP contribution in [-0.4, -0.2) is 30.0 Å². The highest BCUT2D eigenvalue weighted by molar-refractivity contribution is 7.99. The van der Waals surface area contributed by atoms with E-state index in [0.29, 0.717) is 12.6 Å². The molecule has 0 aromatic carbocycles. The normalized spacial score (nSPS) is 23.4. The van der Waals surface area contributed by atoms with Gasteiger partial charge >= 0.3 is 0 Å². The van der Waals surface area contributed by atoms with Crippen LogP contribution in [0.2, 0.25) is 0 Å². The molecule has 0 aliphatic carbocycles. The first-order valence-electron chi connectivity index (χ1n) is 5.32. The van der Waals surface area contributed by atoms with Gasteiger partial charge in [-0.05, 0) is 31.6 Å². The highest BCUT2D eigenvalue weighted by atomic mass is 32.2. The van der Waals surface area contributed by atoms with Crippen LogP contribution in [0.25, 0.3) is 0 Å². The minimum Gasteiger partial charge on any atom is -0.352 e. The molecule has 0 spiro atoms. The zero-order chi connectivity index (χ0) is 10.4. The molecule has 2 atom stereocenters. The topological polar surface area (TPSA) is 55.1 Å². The number of hydrogen-bond acceptors (Lipinski definition) is 3. The van der Waals surface area contributed by atoms with Crippen molar-refractivity contribution in [2.75, 3.05) is 18.1 Å². The Balaban J connectivity index is 2.18. The Morgan fingerprint density at radius 2 is 2.50 bits per heavy atom. The summed E-state index contributed by atoms with van der Waals surface area (Å²) in [4.78, 5) is 11.6. The summed E-state index contributed by atoms with van der Waals surface area (Å²) >= 11 is 1.92. The minimum atomic E-state index is 0.115. The van der Waals surface area contributed by atoms with E-state index in [1.54, 1.807) is 0 Å². The molecule has 0 radical (unpaired) electrons. The molecule has 3 N–H and O–H groups in total. The molecule has 2 unspecified atom stereocenters. The van der Waals surface area contributed by atoms with Crippen molar-refractivity contribution in [3.05, 3.63) is 0 Å². The van der Waals surface area contributed by atoms with Gasteiger partial charge in [0, 0.05) is 17.7 Å². The second kappa shape index (κ2) is 6.30. The molecule has 14 heavy (non-hydrogen) atoms. The van der Waals surface area contributed by atoms with Crippen LogP contribution in [0.15, 0.2) is 0 Å². The van der Waals surface area contributed by atoms with Crippen molar-refractivity contribution in [1.82, 2.24) is 5.32 Å². The standard InChI is InChI=1S/C10H20N2OS/c1-8(3-2-5-11)10(13)12-9-4-6-14-7-9/h8-9H,2-7,11H2,1H3,(H,12,13). The average molecular weight is 216 g/mol. The SMILES string of the molecule is CC(CCCN)C(=O)NC1CCSC1. The zero-order valence-electron chi connectivity index (χ0n) is 8.79. The van der Waals surface area contributed by atoms with Crippen LogP contribution in [0.5, 0.6) is 0 Å². The fourth-order valence-electron chi connectivity index (χ4n) is 1.55. The van der Waals surface area contributed by atoms with Crippen molar-refractivity contribution in [2.24, 2.45) is 11.7 Å². The summed E-state index contributed by atoms with van der Waals surface area (Å²) < 4.78 is 0. The first-order chi connectivity index (χ1) is 6.74. The lowest BCUT2D eigenvalue weighted by Gasteiger charge is -2.15. The van der Waals surface area contributed by atoms with Crippen molar-refractivity contribution >= 4 is 17.7 Å². The van der Waals surface area contributed by atoms with Gasteiger partial charge in [-0.15, -0.1) is 0 Å². The molecule has 1 rings (SSSR count). The van der Waals surface area contributed by atoms with Gasteiger partial charge in [0.2, 0.25) is 5.91 Å². The fraction of sp³-hybridized carbons (Fsp3) is 0.900. The summed E-state index contributed by atoms with van der Waals surface area (Å²) in [7, 11) is 0. The van der Waals surface area contributed by atoms with Crippen LogP contribution < -0.4 is 11.1 Å². The van der Waals surface area contributed by atoms with Gasteiger partial charge in [0.1, 0.15) is 0 Å². The Morgan fingerprint density at radius 3 is 3.07 bits per heavy atom. The van der Waals surface area contributed by atoms with E-state index in [2.05, 4.69) is 5.32 Å². The van der Waals surface area contributed by atoms with Crippen molar-refractivity contribution in [3.8, 4) is 0 Å². The summed E-state index contributed by atoms with van der Waals surface area (Å²) in [5, 5.41) is 3.09. The van der Waals surface area contributed by atoms with Crippen molar-refractivity contribution in [3.63, 3.8) is 0 Å². The molecular weight excluding hydrogens is 196 g/mol. The van der Waals surface area contributed by atoms with E-state index in [1.165, 1.54) is 5.75 Å². The smallest absolute Gasteiger partial charge is 0.223 e. The quantitative estimate of drug-likeness (QED) is 0.720. The lowest BCUT2D eigenvalue weighted by atomic mass is 10.0. The number of nitrogens with two attached hydrogens (primary N) is 1. The van der Waals surface area contributed by atoms with E-state index in [-0.39, 0.29) is 11.8 Å². The molecule has 1 aliphatic heterocycles. The molecule has 1 fully saturated rings. The van der Waals surface area contributed by atoms with E-state index < -0.39 is 0 Å². The summed E-state index contributed by atoms with van der Waals surface area (Å²) in [6, 6.07) is 0.410. The Morgan fingerprint density at radius 1 is 1.71 bits per heavy atom. The Hall–Kier alpha value is -0.220. The van der Waals surface area contributed by atoms with Gasteiger partial charge in [0.15, 0.2) is 0 Å². The first-order valence-corrected chi connectivity index (χ1v) is 6.47. The third-order valence-electron chi connectivity index (χ3n) is 2.56. The number of carbonyl (C=O) groups is 1. The number of nitrogens with one attached hydrogen (secondary N) is 1. The van der Waals surface area contributed by atoms with Gasteiger partial charge in [0.05, 0.1) is 0 Å². The maximum absolute atomic E-state index is 11.6. The van der Waals surface area contributed by atoms with Crippen LogP contribution in [0, 0.1) is 5.92 Å². The highest BCUT2D eigenvalue weighted by Crippen LogP contribution is 2.17. The number of hydrogen-bond donors (Lipinski definition) is 2. The molecule has 3 nitrogen and oxygen atoms in total. The van der Waals surface area contributed by atoms with Gasteiger partial charge in [-0.25, -0.2) is 0 Å². The molecule has 82 valence electrons. The average Bonchev–Trinajstić information content (AvgIpc) is 2.66. The van der Waals surface area contributed by atoms with Crippen LogP contribution >= 0.6 is 11.8 Å². The van der Waals surface area contributed by atoms with Crippen LogP contribution in [-0.2, 0) is 4.79 Å². The Kier molecular flexibility index (Phi) is 5.33. The number of thioether (sulfide) groups is 1. The molecule has 0 aromatic rings. The van der Waals surface area contributed by atoms with Gasteiger partial charge in [-0.3, -0.25) is 4.79 Å². The second-order valence-corrected chi connectivity index (χ2v) is 5.05. The third-order valence-corrected chi connectivity index (χ3v) is 3.73. The van der Waals surface area contributed by atoms with Crippen molar-refractivity contribution in [1.29, 1.82) is 0 Å². The minimum absolute atomic E-state index is 0.115. The maximum atomic E-state index is 11.6. The summed E-state index contributed by atoms with van der Waals surface area (Å²) in [5.74, 6) is 2.58. The van der Waals surface area contributed by atoms with E-state index in [9.17, 15) is 4.79 Å². The number of amides is 1. The lowest BCUT2D eigenvalue weighted by Crippen LogP contribution is -2.38. The van der Waals surface area contributed by atoms with Crippen LogP contribution in [0.3, 0.4) is 0 Å². The molecular formula is C10H20N2OS. The summed E-state index contributed by atoms with van der Waals surface area (Å²) in [5.41, 5.74) is 5.41. The van der Waals surface area contributed by atoms with Crippen molar-refractivity contribution in [2.45, 2.75) is 32.2 Å². The zero-order valence-corrected chi connectivity index (χ0v) is 9.61. The molecule has 1 amide bonds. The monoisotopic (exact) mass is 216 g/mol. The molecule has 0 saturated carbocycles. The fourth-order valence-corrected chi connectivity index (χ4v) is 2.70. The molecule has 4 heteroatoms. The van der Waals surface area contributed by atoms with Gasteiger partial charge in [-0.2, -0.15) is 11.8 Å². The van der Waals surface area contributed by atoms with Crippen LogP contribution in [0.4, 0.5) is 0 Å². The van der Waals surface area contributed by atoms with E-state index in [4.69, 9.17) is 5.73 Å². The van der Waals surface area contributed by atoms with Gasteiger partial charge < -0.3 is 11.1 Å². The third kappa shape index (κ3) is 3.88. The highest BCUT2D eigenvalue weighted by Gasteiger charge is 2.20. The molecule has 1 heterocycles. The first kappa shape index (κ1) is 11.9. The molecule has 0 bridgehead atoms.